The molecule has 88 valence electrons. The number of methoxy groups -OCH3 is 1. The molecule has 0 bridgehead atoms. The summed E-state index contributed by atoms with van der Waals surface area (Å²) < 4.78 is 5.25. The lowest BCUT2D eigenvalue weighted by Gasteiger charge is -2.35. The first-order valence-corrected chi connectivity index (χ1v) is 5.95. The van der Waals surface area contributed by atoms with E-state index in [0.29, 0.717) is 0 Å². The molecule has 1 heterocycles. The minimum absolute atomic E-state index is 0.940. The molecule has 0 unspecified atom stereocenters. The summed E-state index contributed by atoms with van der Waals surface area (Å²) in [6.07, 6.45) is 0. The van der Waals surface area contributed by atoms with Crippen LogP contribution in [0.5, 0.6) is 5.75 Å². The fraction of sp³-hybridized carbons (Fsp3) is 0.538. The normalized spacial score (nSPS) is 17.5. The van der Waals surface area contributed by atoms with E-state index in [1.54, 1.807) is 7.11 Å². The summed E-state index contributed by atoms with van der Waals surface area (Å²) in [5.74, 6) is 0.940. The highest BCUT2D eigenvalue weighted by Crippen LogP contribution is 2.21. The van der Waals surface area contributed by atoms with Gasteiger partial charge in [-0.2, -0.15) is 0 Å². The zero-order valence-electron chi connectivity index (χ0n) is 10.1. The highest BCUT2D eigenvalue weighted by molar-refractivity contribution is 5.51. The van der Waals surface area contributed by atoms with Crippen molar-refractivity contribution in [3.8, 4) is 5.75 Å². The van der Waals surface area contributed by atoms with Crippen molar-refractivity contribution in [3.05, 3.63) is 24.3 Å². The summed E-state index contributed by atoms with van der Waals surface area (Å²) in [5, 5.41) is 0. The predicted octanol–water partition coefficient (Wildman–Crippen LogP) is 1.84. The van der Waals surface area contributed by atoms with Crippen LogP contribution < -0.4 is 9.64 Å². The van der Waals surface area contributed by atoms with Crippen LogP contribution in [0.25, 0.3) is 0 Å². The van der Waals surface area contributed by atoms with E-state index in [4.69, 9.17) is 4.74 Å². The maximum absolute atomic E-state index is 5.25. The monoisotopic (exact) mass is 220 g/mol. The number of hydrogen-bond donors (Lipinski definition) is 0. The van der Waals surface area contributed by atoms with Gasteiger partial charge in [0.2, 0.25) is 0 Å². The van der Waals surface area contributed by atoms with Crippen molar-refractivity contribution >= 4 is 5.69 Å². The van der Waals surface area contributed by atoms with E-state index in [-0.39, 0.29) is 0 Å². The van der Waals surface area contributed by atoms with E-state index >= 15 is 0 Å². The fourth-order valence-corrected chi connectivity index (χ4v) is 2.13. The van der Waals surface area contributed by atoms with Gasteiger partial charge in [0.25, 0.3) is 0 Å². The molecule has 0 radical (unpaired) electrons. The van der Waals surface area contributed by atoms with Crippen LogP contribution in [0, 0.1) is 0 Å². The Bertz CT molecular complexity index is 332. The summed E-state index contributed by atoms with van der Waals surface area (Å²) in [7, 11) is 1.72. The molecule has 2 rings (SSSR count). The van der Waals surface area contributed by atoms with Crippen molar-refractivity contribution in [1.29, 1.82) is 0 Å². The van der Waals surface area contributed by atoms with E-state index in [2.05, 4.69) is 34.9 Å². The number of hydrogen-bond acceptors (Lipinski definition) is 3. The number of ether oxygens (including phenoxy) is 1. The third-order valence-electron chi connectivity index (χ3n) is 3.24. The molecule has 1 saturated heterocycles. The van der Waals surface area contributed by atoms with Gasteiger partial charge in [-0.15, -0.1) is 0 Å². The Morgan fingerprint density at radius 1 is 1.19 bits per heavy atom. The first-order valence-electron chi connectivity index (χ1n) is 5.95. The number of benzene rings is 1. The minimum Gasteiger partial charge on any atom is -0.497 e. The van der Waals surface area contributed by atoms with Gasteiger partial charge in [-0.25, -0.2) is 0 Å². The van der Waals surface area contributed by atoms with Gasteiger partial charge in [-0.1, -0.05) is 13.0 Å². The van der Waals surface area contributed by atoms with Gasteiger partial charge in [0.1, 0.15) is 5.75 Å². The largest absolute Gasteiger partial charge is 0.497 e. The van der Waals surface area contributed by atoms with Crippen LogP contribution in [0.15, 0.2) is 24.3 Å². The molecule has 0 aliphatic carbocycles. The van der Waals surface area contributed by atoms with Gasteiger partial charge in [-0.05, 0) is 18.7 Å². The molecule has 3 nitrogen and oxygen atoms in total. The van der Waals surface area contributed by atoms with Crippen molar-refractivity contribution in [3.63, 3.8) is 0 Å². The Morgan fingerprint density at radius 3 is 2.56 bits per heavy atom. The molecular formula is C13H20N2O. The molecule has 1 fully saturated rings. The molecule has 1 aromatic rings. The molecule has 0 aromatic heterocycles. The second-order valence-corrected chi connectivity index (χ2v) is 4.12. The van der Waals surface area contributed by atoms with Crippen LogP contribution in [0.2, 0.25) is 0 Å². The van der Waals surface area contributed by atoms with E-state index in [1.807, 2.05) is 6.07 Å². The minimum atomic E-state index is 0.940. The topological polar surface area (TPSA) is 15.7 Å². The molecule has 0 N–H and O–H groups in total. The van der Waals surface area contributed by atoms with Crippen molar-refractivity contribution < 1.29 is 4.74 Å². The Hall–Kier alpha value is -1.22. The first-order chi connectivity index (χ1) is 7.83. The highest BCUT2D eigenvalue weighted by Gasteiger charge is 2.15. The summed E-state index contributed by atoms with van der Waals surface area (Å²) in [6, 6.07) is 8.32. The molecule has 0 atom stereocenters. The van der Waals surface area contributed by atoms with E-state index in [9.17, 15) is 0 Å². The van der Waals surface area contributed by atoms with Crippen LogP contribution in [0.1, 0.15) is 6.92 Å². The molecule has 1 aliphatic heterocycles. The lowest BCUT2D eigenvalue weighted by Crippen LogP contribution is -2.46. The van der Waals surface area contributed by atoms with Crippen LogP contribution in [-0.2, 0) is 0 Å². The zero-order valence-corrected chi connectivity index (χ0v) is 10.1. The van der Waals surface area contributed by atoms with Crippen LogP contribution in [0.4, 0.5) is 5.69 Å². The number of anilines is 1. The van der Waals surface area contributed by atoms with Crippen LogP contribution in [0.3, 0.4) is 0 Å². The molecule has 1 aliphatic rings. The molecule has 0 saturated carbocycles. The molecule has 0 spiro atoms. The number of nitrogens with zero attached hydrogens (tertiary/aromatic N) is 2. The third-order valence-corrected chi connectivity index (χ3v) is 3.24. The first kappa shape index (κ1) is 11.3. The summed E-state index contributed by atoms with van der Waals surface area (Å²) in [5.41, 5.74) is 1.27. The zero-order chi connectivity index (χ0) is 11.4. The van der Waals surface area contributed by atoms with Crippen molar-refractivity contribution in [2.45, 2.75) is 6.92 Å². The maximum atomic E-state index is 5.25. The van der Waals surface area contributed by atoms with Crippen LogP contribution in [-0.4, -0.2) is 44.7 Å². The average molecular weight is 220 g/mol. The Balaban J connectivity index is 2.02. The standard InChI is InChI=1S/C13H20N2O/c1-3-14-7-9-15(10-8-14)12-5-4-6-13(11-12)16-2/h4-6,11H,3,7-10H2,1-2H3. The van der Waals surface area contributed by atoms with Gasteiger partial charge >= 0.3 is 0 Å². The molecule has 3 heteroatoms. The van der Waals surface area contributed by atoms with Crippen LogP contribution >= 0.6 is 0 Å². The Morgan fingerprint density at radius 2 is 1.94 bits per heavy atom. The molecule has 0 amide bonds. The lowest BCUT2D eigenvalue weighted by molar-refractivity contribution is 0.271. The SMILES string of the molecule is CCN1CCN(c2cccc(OC)c2)CC1. The fourth-order valence-electron chi connectivity index (χ4n) is 2.13. The Labute approximate surface area is 97.6 Å². The lowest BCUT2D eigenvalue weighted by atomic mass is 10.2. The van der Waals surface area contributed by atoms with Crippen molar-refractivity contribution in [2.24, 2.45) is 0 Å². The van der Waals surface area contributed by atoms with Crippen molar-refractivity contribution in [2.75, 3.05) is 44.7 Å². The highest BCUT2D eigenvalue weighted by atomic mass is 16.5. The van der Waals surface area contributed by atoms with Gasteiger partial charge in [0.15, 0.2) is 0 Å². The Kier molecular flexibility index (Phi) is 3.67. The quantitative estimate of drug-likeness (QED) is 0.773. The molecule has 1 aromatic carbocycles. The van der Waals surface area contributed by atoms with Gasteiger partial charge in [0, 0.05) is 37.9 Å². The number of piperazine rings is 1. The van der Waals surface area contributed by atoms with Gasteiger partial charge in [-0.3, -0.25) is 0 Å². The summed E-state index contributed by atoms with van der Waals surface area (Å²) in [6.45, 7) is 7.93. The maximum Gasteiger partial charge on any atom is 0.120 e. The summed E-state index contributed by atoms with van der Waals surface area (Å²) in [4.78, 5) is 4.91. The summed E-state index contributed by atoms with van der Waals surface area (Å²) >= 11 is 0. The predicted molar refractivity (Wildman–Crippen MR) is 67.3 cm³/mol. The smallest absolute Gasteiger partial charge is 0.120 e. The third kappa shape index (κ3) is 2.47. The van der Waals surface area contributed by atoms with E-state index < -0.39 is 0 Å². The number of likely N-dealkylation sites (N-methyl/N-ethyl adjacent to an activating group) is 1. The van der Waals surface area contributed by atoms with Gasteiger partial charge < -0.3 is 14.5 Å². The molecule has 16 heavy (non-hydrogen) atoms. The van der Waals surface area contributed by atoms with Gasteiger partial charge in [0.05, 0.1) is 7.11 Å². The van der Waals surface area contributed by atoms with E-state index in [0.717, 1.165) is 38.5 Å². The van der Waals surface area contributed by atoms with Crippen molar-refractivity contribution in [1.82, 2.24) is 4.90 Å². The second-order valence-electron chi connectivity index (χ2n) is 4.12. The van der Waals surface area contributed by atoms with E-state index in [1.165, 1.54) is 5.69 Å². The average Bonchev–Trinajstić information content (AvgIpc) is 2.39. The second kappa shape index (κ2) is 5.21. The molecular weight excluding hydrogens is 200 g/mol. The number of rotatable bonds is 3.